The Labute approximate surface area is 113 Å². The zero-order valence-electron chi connectivity index (χ0n) is 11.7. The van der Waals surface area contributed by atoms with Gasteiger partial charge in [0.25, 0.3) is 0 Å². The summed E-state index contributed by atoms with van der Waals surface area (Å²) in [5, 5.41) is 4.33. The third-order valence-corrected chi connectivity index (χ3v) is 3.40. The predicted molar refractivity (Wildman–Crippen MR) is 73.7 cm³/mol. The standard InChI is InChI=1S/C15H18N2O2/c1-10-13(11(2)17(3)16-10)9-14(18)12-7-5-6-8-15(12)19-4/h5-8H,9H2,1-4H3. The maximum Gasteiger partial charge on any atom is 0.171 e. The van der Waals surface area contributed by atoms with Crippen LogP contribution in [-0.4, -0.2) is 22.7 Å². The summed E-state index contributed by atoms with van der Waals surface area (Å²) in [5.74, 6) is 0.670. The van der Waals surface area contributed by atoms with E-state index in [-0.39, 0.29) is 5.78 Å². The maximum atomic E-state index is 12.4. The van der Waals surface area contributed by atoms with E-state index in [9.17, 15) is 4.79 Å². The van der Waals surface area contributed by atoms with Gasteiger partial charge in [0.15, 0.2) is 5.78 Å². The molecule has 4 heteroatoms. The quantitative estimate of drug-likeness (QED) is 0.791. The van der Waals surface area contributed by atoms with Crippen LogP contribution in [0.1, 0.15) is 27.3 Å². The van der Waals surface area contributed by atoms with E-state index in [1.54, 1.807) is 23.9 Å². The lowest BCUT2D eigenvalue weighted by Crippen LogP contribution is -2.07. The lowest BCUT2D eigenvalue weighted by atomic mass is 10.0. The molecule has 0 aliphatic carbocycles. The van der Waals surface area contributed by atoms with Gasteiger partial charge in [0.05, 0.1) is 18.4 Å². The molecule has 0 saturated carbocycles. The predicted octanol–water partition coefficient (Wildman–Crippen LogP) is 2.47. The van der Waals surface area contributed by atoms with Crippen molar-refractivity contribution in [3.8, 4) is 5.75 Å². The topological polar surface area (TPSA) is 44.1 Å². The van der Waals surface area contributed by atoms with Gasteiger partial charge in [0, 0.05) is 24.7 Å². The molecule has 4 nitrogen and oxygen atoms in total. The summed E-state index contributed by atoms with van der Waals surface area (Å²) in [6.45, 7) is 3.91. The minimum absolute atomic E-state index is 0.0525. The first-order valence-corrected chi connectivity index (χ1v) is 6.20. The van der Waals surface area contributed by atoms with Crippen LogP contribution in [0, 0.1) is 13.8 Å². The summed E-state index contributed by atoms with van der Waals surface area (Å²) >= 11 is 0. The third kappa shape index (κ3) is 2.52. The first-order valence-electron chi connectivity index (χ1n) is 6.20. The largest absolute Gasteiger partial charge is 0.496 e. The average Bonchev–Trinajstić information content (AvgIpc) is 2.65. The highest BCUT2D eigenvalue weighted by atomic mass is 16.5. The molecule has 0 aliphatic heterocycles. The van der Waals surface area contributed by atoms with Crippen LogP contribution in [0.15, 0.2) is 24.3 Å². The molecule has 0 saturated heterocycles. The van der Waals surface area contributed by atoms with Crippen molar-refractivity contribution in [2.24, 2.45) is 7.05 Å². The Morgan fingerprint density at radius 1 is 1.32 bits per heavy atom. The van der Waals surface area contributed by atoms with Gasteiger partial charge < -0.3 is 4.74 Å². The summed E-state index contributed by atoms with van der Waals surface area (Å²) in [5.41, 5.74) is 3.55. The molecule has 2 rings (SSSR count). The van der Waals surface area contributed by atoms with Crippen LogP contribution in [0.3, 0.4) is 0 Å². The van der Waals surface area contributed by atoms with Crippen molar-refractivity contribution in [1.29, 1.82) is 0 Å². The number of Topliss-reactive ketones (excluding diaryl/α,β-unsaturated/α-hetero) is 1. The van der Waals surface area contributed by atoms with E-state index in [2.05, 4.69) is 5.10 Å². The number of rotatable bonds is 4. The highest BCUT2D eigenvalue weighted by molar-refractivity contribution is 6.00. The lowest BCUT2D eigenvalue weighted by molar-refractivity contribution is 0.0989. The Balaban J connectivity index is 2.31. The molecule has 19 heavy (non-hydrogen) atoms. The van der Waals surface area contributed by atoms with Crippen LogP contribution in [0.25, 0.3) is 0 Å². The molecule has 0 bridgehead atoms. The molecule has 2 aromatic rings. The van der Waals surface area contributed by atoms with Crippen LogP contribution in [0.4, 0.5) is 0 Å². The van der Waals surface area contributed by atoms with Gasteiger partial charge in [-0.05, 0) is 26.0 Å². The fourth-order valence-corrected chi connectivity index (χ4v) is 2.20. The van der Waals surface area contributed by atoms with Crippen molar-refractivity contribution in [1.82, 2.24) is 9.78 Å². The maximum absolute atomic E-state index is 12.4. The van der Waals surface area contributed by atoms with E-state index in [1.165, 1.54) is 0 Å². The van der Waals surface area contributed by atoms with Gasteiger partial charge in [0.1, 0.15) is 5.75 Å². The Kier molecular flexibility index (Phi) is 3.69. The number of ether oxygens (including phenoxy) is 1. The SMILES string of the molecule is COc1ccccc1C(=O)Cc1c(C)nn(C)c1C. The van der Waals surface area contributed by atoms with E-state index < -0.39 is 0 Å². The Bertz CT molecular complexity index is 615. The van der Waals surface area contributed by atoms with E-state index in [0.29, 0.717) is 17.7 Å². The average molecular weight is 258 g/mol. The molecule has 1 aromatic heterocycles. The van der Waals surface area contributed by atoms with Crippen molar-refractivity contribution >= 4 is 5.78 Å². The first-order chi connectivity index (χ1) is 9.04. The summed E-state index contributed by atoms with van der Waals surface area (Å²) in [6.07, 6.45) is 0.353. The summed E-state index contributed by atoms with van der Waals surface area (Å²) in [4.78, 5) is 12.4. The van der Waals surface area contributed by atoms with E-state index in [4.69, 9.17) is 4.74 Å². The minimum atomic E-state index is 0.0525. The number of ketones is 1. The Morgan fingerprint density at radius 2 is 2.00 bits per heavy atom. The van der Waals surface area contributed by atoms with Crippen LogP contribution >= 0.6 is 0 Å². The summed E-state index contributed by atoms with van der Waals surface area (Å²) in [7, 11) is 3.46. The van der Waals surface area contributed by atoms with Crippen molar-refractivity contribution in [3.63, 3.8) is 0 Å². The van der Waals surface area contributed by atoms with Crippen molar-refractivity contribution < 1.29 is 9.53 Å². The van der Waals surface area contributed by atoms with E-state index in [0.717, 1.165) is 17.0 Å². The molecular formula is C15H18N2O2. The third-order valence-electron chi connectivity index (χ3n) is 3.40. The first kappa shape index (κ1) is 13.3. The number of para-hydroxylation sites is 1. The number of hydrogen-bond donors (Lipinski definition) is 0. The molecule has 1 aromatic carbocycles. The molecule has 0 fully saturated rings. The molecular weight excluding hydrogens is 240 g/mol. The highest BCUT2D eigenvalue weighted by Crippen LogP contribution is 2.21. The zero-order valence-corrected chi connectivity index (χ0v) is 11.7. The van der Waals surface area contributed by atoms with Gasteiger partial charge in [0.2, 0.25) is 0 Å². The molecule has 100 valence electrons. The number of nitrogens with zero attached hydrogens (tertiary/aromatic N) is 2. The summed E-state index contributed by atoms with van der Waals surface area (Å²) in [6, 6.07) is 7.30. The number of carbonyl (C=O) groups is 1. The highest BCUT2D eigenvalue weighted by Gasteiger charge is 2.17. The Morgan fingerprint density at radius 3 is 2.58 bits per heavy atom. The van der Waals surface area contributed by atoms with E-state index >= 15 is 0 Å². The van der Waals surface area contributed by atoms with Crippen LogP contribution in [-0.2, 0) is 13.5 Å². The number of carbonyl (C=O) groups excluding carboxylic acids is 1. The molecule has 0 N–H and O–H groups in total. The molecule has 0 aliphatic rings. The Hall–Kier alpha value is -2.10. The molecule has 0 radical (unpaired) electrons. The number of aromatic nitrogens is 2. The fraction of sp³-hybridized carbons (Fsp3) is 0.333. The summed E-state index contributed by atoms with van der Waals surface area (Å²) < 4.78 is 7.03. The molecule has 0 atom stereocenters. The molecule has 0 amide bonds. The lowest BCUT2D eigenvalue weighted by Gasteiger charge is -2.07. The van der Waals surface area contributed by atoms with Crippen molar-refractivity contribution in [2.75, 3.05) is 7.11 Å². The van der Waals surface area contributed by atoms with Crippen LogP contribution in [0.2, 0.25) is 0 Å². The van der Waals surface area contributed by atoms with Gasteiger partial charge >= 0.3 is 0 Å². The normalized spacial score (nSPS) is 10.5. The van der Waals surface area contributed by atoms with Gasteiger partial charge in [-0.3, -0.25) is 9.48 Å². The number of hydrogen-bond acceptors (Lipinski definition) is 3. The molecule has 1 heterocycles. The number of aryl methyl sites for hydroxylation is 2. The minimum Gasteiger partial charge on any atom is -0.496 e. The number of methoxy groups -OCH3 is 1. The van der Waals surface area contributed by atoms with Crippen molar-refractivity contribution in [2.45, 2.75) is 20.3 Å². The van der Waals surface area contributed by atoms with E-state index in [1.807, 2.05) is 33.0 Å². The second-order valence-electron chi connectivity index (χ2n) is 4.57. The molecule has 0 spiro atoms. The van der Waals surface area contributed by atoms with Gasteiger partial charge in [-0.25, -0.2) is 0 Å². The van der Waals surface area contributed by atoms with Crippen LogP contribution < -0.4 is 4.74 Å². The van der Waals surface area contributed by atoms with Crippen molar-refractivity contribution in [3.05, 3.63) is 46.8 Å². The van der Waals surface area contributed by atoms with Gasteiger partial charge in [-0.1, -0.05) is 12.1 Å². The van der Waals surface area contributed by atoms with Gasteiger partial charge in [-0.2, -0.15) is 5.10 Å². The fourth-order valence-electron chi connectivity index (χ4n) is 2.20. The molecule has 0 unspecified atom stereocenters. The monoisotopic (exact) mass is 258 g/mol. The second kappa shape index (κ2) is 5.26. The second-order valence-corrected chi connectivity index (χ2v) is 4.57. The number of benzene rings is 1. The van der Waals surface area contributed by atoms with Gasteiger partial charge in [-0.15, -0.1) is 0 Å². The smallest absolute Gasteiger partial charge is 0.171 e. The zero-order chi connectivity index (χ0) is 14.0. The van der Waals surface area contributed by atoms with Crippen LogP contribution in [0.5, 0.6) is 5.75 Å².